The van der Waals surface area contributed by atoms with Crippen LogP contribution in [-0.4, -0.2) is 41.8 Å². The lowest BCUT2D eigenvalue weighted by Gasteiger charge is -2.32. The number of nitrogens with zero attached hydrogens (tertiary/aromatic N) is 3. The molecule has 8 heteroatoms. The van der Waals surface area contributed by atoms with Crippen LogP contribution >= 0.6 is 0 Å². The minimum atomic E-state index is -1.41. The molecule has 8 nitrogen and oxygen atoms in total. The molecule has 1 aromatic heterocycles. The van der Waals surface area contributed by atoms with Crippen molar-refractivity contribution < 1.29 is 24.1 Å². The predicted octanol–water partition coefficient (Wildman–Crippen LogP) is 3.66. The van der Waals surface area contributed by atoms with E-state index >= 15 is 0 Å². The molecule has 0 saturated heterocycles. The molecule has 2 heterocycles. The Bertz CT molecular complexity index is 980. The Morgan fingerprint density at radius 3 is 2.79 bits per heavy atom. The highest BCUT2D eigenvalue weighted by molar-refractivity contribution is 5.94. The lowest BCUT2D eigenvalue weighted by molar-refractivity contribution is 0.0688. The molecule has 2 unspecified atom stereocenters. The van der Waals surface area contributed by atoms with E-state index in [-0.39, 0.29) is 0 Å². The maximum atomic E-state index is 11.4. The number of carboxylic acid groups (broad SMARTS) is 1. The van der Waals surface area contributed by atoms with Gasteiger partial charge in [-0.15, -0.1) is 0 Å². The topological polar surface area (TPSA) is 114 Å². The molecular weight excluding hydrogens is 362 g/mol. The number of hydrogen-bond donors (Lipinski definition) is 1. The minimum absolute atomic E-state index is 0.353. The van der Waals surface area contributed by atoms with E-state index in [2.05, 4.69) is 16.0 Å². The van der Waals surface area contributed by atoms with E-state index in [0.717, 1.165) is 0 Å². The standard InChI is InChI=1S/C20H19N3O5/c1-4-27-19-17-14(7-8-22-19)23-11(2)18(28-20(24)25)16(17)13-6-5-12(10-21)9-15(13)26-3/h5-9,16,18H,4H2,1-3H3,(H,24,25). The van der Waals surface area contributed by atoms with Gasteiger partial charge in [0.2, 0.25) is 5.88 Å². The zero-order chi connectivity index (χ0) is 20.3. The summed E-state index contributed by atoms with van der Waals surface area (Å²) in [4.78, 5) is 20.2. The molecule has 2 aromatic rings. The molecular formula is C20H19N3O5. The van der Waals surface area contributed by atoms with Crippen LogP contribution in [0.2, 0.25) is 0 Å². The number of hydrogen-bond acceptors (Lipinski definition) is 7. The maximum Gasteiger partial charge on any atom is 0.506 e. The van der Waals surface area contributed by atoms with Crippen LogP contribution in [0, 0.1) is 11.3 Å². The molecule has 0 saturated carbocycles. The van der Waals surface area contributed by atoms with Crippen LogP contribution in [0.5, 0.6) is 11.6 Å². The number of ether oxygens (including phenoxy) is 3. The highest BCUT2D eigenvalue weighted by Gasteiger charge is 2.39. The van der Waals surface area contributed by atoms with Crippen molar-refractivity contribution in [2.45, 2.75) is 25.9 Å². The third kappa shape index (κ3) is 3.47. The van der Waals surface area contributed by atoms with Gasteiger partial charge in [-0.25, -0.2) is 9.78 Å². The Morgan fingerprint density at radius 2 is 2.14 bits per heavy atom. The zero-order valence-corrected chi connectivity index (χ0v) is 15.7. The number of rotatable bonds is 5. The predicted molar refractivity (Wildman–Crippen MR) is 101 cm³/mol. The molecule has 28 heavy (non-hydrogen) atoms. The van der Waals surface area contributed by atoms with Crippen LogP contribution in [-0.2, 0) is 4.74 Å². The molecule has 2 atom stereocenters. The molecule has 0 bridgehead atoms. The first-order valence-electron chi connectivity index (χ1n) is 8.64. The number of methoxy groups -OCH3 is 1. The summed E-state index contributed by atoms with van der Waals surface area (Å²) in [5.41, 5.74) is 2.81. The van der Waals surface area contributed by atoms with Crippen molar-refractivity contribution in [3.05, 3.63) is 47.2 Å². The number of pyridine rings is 1. The number of nitriles is 1. The third-order valence-corrected chi connectivity index (χ3v) is 4.46. The first-order valence-corrected chi connectivity index (χ1v) is 8.64. The molecule has 0 spiro atoms. The van der Waals surface area contributed by atoms with Gasteiger partial charge >= 0.3 is 6.16 Å². The average Bonchev–Trinajstić information content (AvgIpc) is 2.68. The Morgan fingerprint density at radius 1 is 1.36 bits per heavy atom. The van der Waals surface area contributed by atoms with E-state index in [1.165, 1.54) is 7.11 Å². The van der Waals surface area contributed by atoms with E-state index in [0.29, 0.717) is 46.3 Å². The van der Waals surface area contributed by atoms with Gasteiger partial charge in [0, 0.05) is 11.8 Å². The Labute approximate surface area is 162 Å². The molecule has 3 rings (SSSR count). The SMILES string of the molecule is CCOc1nccc2c1C(c1ccc(C#N)cc1OC)C(OC(=O)O)C(C)=N2. The Kier molecular flexibility index (Phi) is 5.45. The molecule has 0 radical (unpaired) electrons. The number of carbonyl (C=O) groups is 1. The van der Waals surface area contributed by atoms with Gasteiger partial charge in [-0.2, -0.15) is 5.26 Å². The quantitative estimate of drug-likeness (QED) is 0.786. The van der Waals surface area contributed by atoms with Crippen LogP contribution in [0.15, 0.2) is 35.5 Å². The fourth-order valence-electron chi connectivity index (χ4n) is 3.35. The van der Waals surface area contributed by atoms with Gasteiger partial charge < -0.3 is 19.3 Å². The average molecular weight is 381 g/mol. The molecule has 1 N–H and O–H groups in total. The number of aliphatic imine (C=N–C) groups is 1. The highest BCUT2D eigenvalue weighted by atomic mass is 16.7. The summed E-state index contributed by atoms with van der Waals surface area (Å²) in [5.74, 6) is 0.197. The summed E-state index contributed by atoms with van der Waals surface area (Å²) < 4.78 is 16.4. The lowest BCUT2D eigenvalue weighted by atomic mass is 9.81. The molecule has 0 aliphatic carbocycles. The van der Waals surface area contributed by atoms with Gasteiger partial charge in [-0.1, -0.05) is 6.07 Å². The monoisotopic (exact) mass is 381 g/mol. The minimum Gasteiger partial charge on any atom is -0.496 e. The van der Waals surface area contributed by atoms with Gasteiger partial charge in [-0.3, -0.25) is 4.99 Å². The van der Waals surface area contributed by atoms with E-state index < -0.39 is 18.2 Å². The Hall–Kier alpha value is -3.60. The van der Waals surface area contributed by atoms with Crippen molar-refractivity contribution in [3.63, 3.8) is 0 Å². The summed E-state index contributed by atoms with van der Waals surface area (Å²) in [5, 5.41) is 18.5. The van der Waals surface area contributed by atoms with Crippen molar-refractivity contribution in [3.8, 4) is 17.7 Å². The van der Waals surface area contributed by atoms with Gasteiger partial charge in [0.25, 0.3) is 0 Å². The van der Waals surface area contributed by atoms with Crippen molar-refractivity contribution >= 4 is 17.6 Å². The van der Waals surface area contributed by atoms with E-state index in [1.807, 2.05) is 6.92 Å². The van der Waals surface area contributed by atoms with Crippen LogP contribution in [0.4, 0.5) is 10.5 Å². The second-order valence-electron chi connectivity index (χ2n) is 6.09. The highest BCUT2D eigenvalue weighted by Crippen LogP contribution is 2.46. The maximum absolute atomic E-state index is 11.4. The Balaban J connectivity index is 2.28. The van der Waals surface area contributed by atoms with Crippen LogP contribution in [0.3, 0.4) is 0 Å². The first kappa shape index (κ1) is 19.2. The number of aromatic nitrogens is 1. The molecule has 1 aromatic carbocycles. The summed E-state index contributed by atoms with van der Waals surface area (Å²) in [6, 6.07) is 8.78. The smallest absolute Gasteiger partial charge is 0.496 e. The lowest BCUT2D eigenvalue weighted by Crippen LogP contribution is -2.35. The second kappa shape index (κ2) is 7.96. The summed E-state index contributed by atoms with van der Waals surface area (Å²) >= 11 is 0. The van der Waals surface area contributed by atoms with E-state index in [1.54, 1.807) is 37.4 Å². The zero-order valence-electron chi connectivity index (χ0n) is 15.7. The van der Waals surface area contributed by atoms with Crippen LogP contribution in [0.25, 0.3) is 0 Å². The van der Waals surface area contributed by atoms with Crippen molar-refractivity contribution in [2.24, 2.45) is 4.99 Å². The molecule has 1 aliphatic heterocycles. The van der Waals surface area contributed by atoms with E-state index in [4.69, 9.17) is 14.2 Å². The third-order valence-electron chi connectivity index (χ3n) is 4.46. The van der Waals surface area contributed by atoms with Crippen molar-refractivity contribution in [2.75, 3.05) is 13.7 Å². The summed E-state index contributed by atoms with van der Waals surface area (Å²) in [7, 11) is 1.49. The van der Waals surface area contributed by atoms with Crippen LogP contribution in [0.1, 0.15) is 36.5 Å². The molecule has 1 aliphatic rings. The van der Waals surface area contributed by atoms with Gasteiger partial charge in [0.05, 0.1) is 48.2 Å². The van der Waals surface area contributed by atoms with E-state index in [9.17, 15) is 15.2 Å². The summed E-state index contributed by atoms with van der Waals surface area (Å²) in [6.45, 7) is 3.93. The summed E-state index contributed by atoms with van der Waals surface area (Å²) in [6.07, 6.45) is -0.718. The van der Waals surface area contributed by atoms with Crippen LogP contribution < -0.4 is 9.47 Å². The number of benzene rings is 1. The van der Waals surface area contributed by atoms with Gasteiger partial charge in [0.15, 0.2) is 6.10 Å². The normalized spacial score (nSPS) is 17.7. The van der Waals surface area contributed by atoms with Crippen molar-refractivity contribution in [1.82, 2.24) is 4.98 Å². The van der Waals surface area contributed by atoms with Crippen molar-refractivity contribution in [1.29, 1.82) is 5.26 Å². The molecule has 0 fully saturated rings. The second-order valence-corrected chi connectivity index (χ2v) is 6.09. The number of fused-ring (bicyclic) bond motifs is 1. The van der Waals surface area contributed by atoms with Gasteiger partial charge in [0.1, 0.15) is 5.75 Å². The van der Waals surface area contributed by atoms with Gasteiger partial charge in [-0.05, 0) is 32.0 Å². The molecule has 0 amide bonds. The fraction of sp³-hybridized carbons (Fsp3) is 0.300. The fourth-order valence-corrected chi connectivity index (χ4v) is 3.35. The first-order chi connectivity index (χ1) is 13.5. The molecule has 144 valence electrons. The largest absolute Gasteiger partial charge is 0.506 e.